The van der Waals surface area contributed by atoms with Gasteiger partial charge >= 0.3 is 6.18 Å². The van der Waals surface area contributed by atoms with Gasteiger partial charge in [-0.15, -0.1) is 12.4 Å². The van der Waals surface area contributed by atoms with Crippen LogP contribution in [0.2, 0.25) is 0 Å². The molecule has 0 aromatic heterocycles. The molecule has 0 bridgehead atoms. The molecule has 2 N–H and O–H groups in total. The summed E-state index contributed by atoms with van der Waals surface area (Å²) in [4.78, 5) is -0.720. The van der Waals surface area contributed by atoms with E-state index in [4.69, 9.17) is 0 Å². The summed E-state index contributed by atoms with van der Waals surface area (Å²) < 4.78 is 64.9. The van der Waals surface area contributed by atoms with Gasteiger partial charge in [-0.3, -0.25) is 0 Å². The first-order valence-electron chi connectivity index (χ1n) is 6.67. The largest absolute Gasteiger partial charge is 0.417 e. The van der Waals surface area contributed by atoms with Gasteiger partial charge in [0.1, 0.15) is 0 Å². The highest BCUT2D eigenvalue weighted by molar-refractivity contribution is 7.89. The molecule has 1 aliphatic rings. The Balaban J connectivity index is 0.00000242. The van der Waals surface area contributed by atoms with E-state index in [0.29, 0.717) is 12.3 Å². The first kappa shape index (κ1) is 19.2. The van der Waals surface area contributed by atoms with Crippen LogP contribution in [0.15, 0.2) is 29.2 Å². The van der Waals surface area contributed by atoms with Gasteiger partial charge in [0.2, 0.25) is 10.0 Å². The van der Waals surface area contributed by atoms with Gasteiger partial charge in [-0.25, -0.2) is 13.1 Å². The molecular formula is C13H18ClF3N2O2S. The number of nitrogens with one attached hydrogen (secondary N) is 2. The summed E-state index contributed by atoms with van der Waals surface area (Å²) in [7, 11) is -4.16. The Morgan fingerprint density at radius 2 is 1.95 bits per heavy atom. The number of benzene rings is 1. The second kappa shape index (κ2) is 7.63. The molecule has 2 rings (SSSR count). The lowest BCUT2D eigenvalue weighted by atomic mass is 10.1. The first-order chi connectivity index (χ1) is 9.81. The number of hydrogen-bond acceptors (Lipinski definition) is 3. The summed E-state index contributed by atoms with van der Waals surface area (Å²) in [5.74, 6) is 0.366. The molecule has 126 valence electrons. The summed E-state index contributed by atoms with van der Waals surface area (Å²) in [6.45, 7) is 1.86. The predicted octanol–water partition coefficient (Wildman–Crippen LogP) is 2.41. The van der Waals surface area contributed by atoms with Gasteiger partial charge in [-0.1, -0.05) is 12.1 Å². The third kappa shape index (κ3) is 4.84. The Kier molecular flexibility index (Phi) is 6.66. The van der Waals surface area contributed by atoms with Crippen LogP contribution in [-0.2, 0) is 16.2 Å². The lowest BCUT2D eigenvalue weighted by Crippen LogP contribution is -2.28. The third-order valence-electron chi connectivity index (χ3n) is 3.49. The number of sulfonamides is 1. The highest BCUT2D eigenvalue weighted by atomic mass is 35.5. The lowest BCUT2D eigenvalue weighted by Gasteiger charge is -2.14. The Labute approximate surface area is 133 Å². The van der Waals surface area contributed by atoms with Gasteiger partial charge in [-0.05, 0) is 44.0 Å². The van der Waals surface area contributed by atoms with Crippen LogP contribution in [0.4, 0.5) is 13.2 Å². The number of rotatable bonds is 5. The number of alkyl halides is 3. The van der Waals surface area contributed by atoms with Crippen LogP contribution in [0.5, 0.6) is 0 Å². The Hall–Kier alpha value is -0.830. The zero-order valence-electron chi connectivity index (χ0n) is 11.7. The SMILES string of the molecule is Cl.O=S(=O)(NCCC1CCNC1)c1ccccc1C(F)(F)F. The summed E-state index contributed by atoms with van der Waals surface area (Å²) >= 11 is 0. The van der Waals surface area contributed by atoms with Gasteiger partial charge in [-0.2, -0.15) is 13.2 Å². The summed E-state index contributed by atoms with van der Waals surface area (Å²) in [5.41, 5.74) is -1.14. The molecule has 1 atom stereocenters. The molecule has 9 heteroatoms. The van der Waals surface area contributed by atoms with E-state index >= 15 is 0 Å². The average molecular weight is 359 g/mol. The van der Waals surface area contributed by atoms with E-state index in [1.54, 1.807) is 0 Å². The van der Waals surface area contributed by atoms with E-state index in [2.05, 4.69) is 10.0 Å². The highest BCUT2D eigenvalue weighted by Crippen LogP contribution is 2.33. The minimum atomic E-state index is -4.69. The van der Waals surface area contributed by atoms with Crippen LogP contribution >= 0.6 is 12.4 Å². The molecule has 1 aromatic rings. The standard InChI is InChI=1S/C13H17F3N2O2S.ClH/c14-13(15,16)11-3-1-2-4-12(11)21(19,20)18-8-6-10-5-7-17-9-10;/h1-4,10,17-18H,5-9H2;1H. The van der Waals surface area contributed by atoms with E-state index < -0.39 is 26.7 Å². The minimum Gasteiger partial charge on any atom is -0.316 e. The molecule has 1 aromatic carbocycles. The summed E-state index contributed by atoms with van der Waals surface area (Å²) in [6.07, 6.45) is -3.12. The quantitative estimate of drug-likeness (QED) is 0.849. The smallest absolute Gasteiger partial charge is 0.316 e. The van der Waals surface area contributed by atoms with Crippen molar-refractivity contribution in [3.63, 3.8) is 0 Å². The highest BCUT2D eigenvalue weighted by Gasteiger charge is 2.36. The molecule has 1 heterocycles. The Bertz CT molecular complexity index is 587. The maximum atomic E-state index is 12.8. The minimum absolute atomic E-state index is 0. The van der Waals surface area contributed by atoms with Crippen molar-refractivity contribution in [3.8, 4) is 0 Å². The Morgan fingerprint density at radius 3 is 2.55 bits per heavy atom. The molecule has 1 fully saturated rings. The molecule has 0 saturated carbocycles. The van der Waals surface area contributed by atoms with Crippen LogP contribution in [0, 0.1) is 5.92 Å². The monoisotopic (exact) mass is 358 g/mol. The topological polar surface area (TPSA) is 58.2 Å². The normalized spacial score (nSPS) is 19.0. The van der Waals surface area contributed by atoms with Crippen molar-refractivity contribution in [1.29, 1.82) is 0 Å². The fourth-order valence-corrected chi connectivity index (χ4v) is 3.64. The van der Waals surface area contributed by atoms with Crippen molar-refractivity contribution >= 4 is 22.4 Å². The summed E-state index contributed by atoms with van der Waals surface area (Å²) in [6, 6.07) is 4.20. The van der Waals surface area contributed by atoms with E-state index in [1.165, 1.54) is 12.1 Å². The van der Waals surface area contributed by atoms with Crippen molar-refractivity contribution in [2.24, 2.45) is 5.92 Å². The van der Waals surface area contributed by atoms with Crippen molar-refractivity contribution in [3.05, 3.63) is 29.8 Å². The fourth-order valence-electron chi connectivity index (χ4n) is 2.37. The fraction of sp³-hybridized carbons (Fsp3) is 0.538. The molecule has 1 saturated heterocycles. The molecule has 22 heavy (non-hydrogen) atoms. The van der Waals surface area contributed by atoms with Crippen LogP contribution in [0.3, 0.4) is 0 Å². The molecule has 1 aliphatic heterocycles. The number of hydrogen-bond donors (Lipinski definition) is 2. The molecule has 4 nitrogen and oxygen atoms in total. The lowest BCUT2D eigenvalue weighted by molar-refractivity contribution is -0.139. The van der Waals surface area contributed by atoms with E-state index in [0.717, 1.165) is 31.6 Å². The van der Waals surface area contributed by atoms with E-state index in [-0.39, 0.29) is 19.0 Å². The van der Waals surface area contributed by atoms with Crippen LogP contribution in [-0.4, -0.2) is 28.1 Å². The van der Waals surface area contributed by atoms with Crippen LogP contribution in [0.1, 0.15) is 18.4 Å². The van der Waals surface area contributed by atoms with E-state index in [9.17, 15) is 21.6 Å². The van der Waals surface area contributed by atoms with Gasteiger partial charge in [0.15, 0.2) is 0 Å². The van der Waals surface area contributed by atoms with Gasteiger partial charge in [0.25, 0.3) is 0 Å². The molecule has 0 amide bonds. The second-order valence-corrected chi connectivity index (χ2v) is 6.77. The zero-order valence-corrected chi connectivity index (χ0v) is 13.3. The van der Waals surface area contributed by atoms with Crippen molar-refractivity contribution < 1.29 is 21.6 Å². The molecule has 1 unspecified atom stereocenters. The van der Waals surface area contributed by atoms with Crippen molar-refractivity contribution in [1.82, 2.24) is 10.0 Å². The summed E-state index contributed by atoms with van der Waals surface area (Å²) in [5, 5.41) is 3.15. The van der Waals surface area contributed by atoms with Crippen molar-refractivity contribution in [2.75, 3.05) is 19.6 Å². The van der Waals surface area contributed by atoms with Crippen molar-refractivity contribution in [2.45, 2.75) is 23.9 Å². The molecule has 0 spiro atoms. The predicted molar refractivity (Wildman–Crippen MR) is 79.5 cm³/mol. The second-order valence-electron chi connectivity index (χ2n) is 5.04. The molecular weight excluding hydrogens is 341 g/mol. The number of halogens is 4. The van der Waals surface area contributed by atoms with Crippen LogP contribution in [0.25, 0.3) is 0 Å². The maximum absolute atomic E-state index is 12.8. The first-order valence-corrected chi connectivity index (χ1v) is 8.15. The third-order valence-corrected chi connectivity index (χ3v) is 5.01. The van der Waals surface area contributed by atoms with E-state index in [1.807, 2.05) is 0 Å². The zero-order chi connectivity index (χ0) is 15.5. The van der Waals surface area contributed by atoms with Gasteiger partial charge < -0.3 is 5.32 Å². The molecule has 0 radical (unpaired) electrons. The average Bonchev–Trinajstić information content (AvgIpc) is 2.91. The van der Waals surface area contributed by atoms with Gasteiger partial charge in [0.05, 0.1) is 10.5 Å². The maximum Gasteiger partial charge on any atom is 0.417 e. The van der Waals surface area contributed by atoms with Crippen LogP contribution < -0.4 is 10.0 Å². The van der Waals surface area contributed by atoms with Gasteiger partial charge in [0, 0.05) is 6.54 Å². The molecule has 0 aliphatic carbocycles. The Morgan fingerprint density at radius 1 is 1.27 bits per heavy atom.